The van der Waals surface area contributed by atoms with E-state index in [0.29, 0.717) is 24.5 Å². The Bertz CT molecular complexity index is 1020. The van der Waals surface area contributed by atoms with Crippen LogP contribution in [0.3, 0.4) is 0 Å². The number of imidazole rings is 1. The molecule has 1 aliphatic rings. The van der Waals surface area contributed by atoms with E-state index in [1.54, 1.807) is 29.8 Å². The number of piperidine rings is 1. The lowest BCUT2D eigenvalue weighted by molar-refractivity contribution is -0.126. The Morgan fingerprint density at radius 3 is 2.97 bits per heavy atom. The fourth-order valence-corrected chi connectivity index (χ4v) is 4.79. The van der Waals surface area contributed by atoms with Gasteiger partial charge in [0.2, 0.25) is 5.91 Å². The molecular formula is C22H26N6O2S. The van der Waals surface area contributed by atoms with Crippen LogP contribution in [-0.4, -0.2) is 55.9 Å². The van der Waals surface area contributed by atoms with Crippen molar-refractivity contribution < 1.29 is 9.59 Å². The first-order valence-corrected chi connectivity index (χ1v) is 11.3. The van der Waals surface area contributed by atoms with Crippen LogP contribution in [0.4, 0.5) is 0 Å². The van der Waals surface area contributed by atoms with Crippen molar-refractivity contribution in [1.29, 1.82) is 0 Å². The average Bonchev–Trinajstić information content (AvgIpc) is 3.46. The van der Waals surface area contributed by atoms with Crippen molar-refractivity contribution in [3.05, 3.63) is 53.8 Å². The van der Waals surface area contributed by atoms with Gasteiger partial charge in [0.1, 0.15) is 9.88 Å². The van der Waals surface area contributed by atoms with Crippen molar-refractivity contribution >= 4 is 23.2 Å². The van der Waals surface area contributed by atoms with Gasteiger partial charge in [-0.15, -0.1) is 11.3 Å². The SMILES string of the molecule is Cc1nc(-c2cccnc2)sc1C(=O)N1CCCC(C(=O)NCCCn2ccnc2)C1. The number of aromatic nitrogens is 4. The summed E-state index contributed by atoms with van der Waals surface area (Å²) in [5.74, 6) is -0.181. The number of likely N-dealkylation sites (tertiary alicyclic amines) is 1. The molecule has 0 aromatic carbocycles. The maximum atomic E-state index is 13.2. The van der Waals surface area contributed by atoms with E-state index in [2.05, 4.69) is 20.3 Å². The molecule has 9 heteroatoms. The summed E-state index contributed by atoms with van der Waals surface area (Å²) in [5.41, 5.74) is 1.63. The van der Waals surface area contributed by atoms with Crippen molar-refractivity contribution in [2.24, 2.45) is 5.92 Å². The van der Waals surface area contributed by atoms with Gasteiger partial charge in [-0.3, -0.25) is 14.6 Å². The molecular weight excluding hydrogens is 412 g/mol. The predicted molar refractivity (Wildman–Crippen MR) is 119 cm³/mol. The summed E-state index contributed by atoms with van der Waals surface area (Å²) in [6.45, 7) is 4.41. The Labute approximate surface area is 185 Å². The van der Waals surface area contributed by atoms with E-state index < -0.39 is 0 Å². The van der Waals surface area contributed by atoms with Crippen LogP contribution in [0.25, 0.3) is 10.6 Å². The molecule has 1 atom stereocenters. The van der Waals surface area contributed by atoms with Crippen molar-refractivity contribution in [2.45, 2.75) is 32.7 Å². The standard InChI is InChI=1S/C22H26N6O2S/c1-16-19(31-21(26-16)17-5-2-7-23-13-17)22(30)28-11-3-6-18(14-28)20(29)25-8-4-10-27-12-9-24-15-27/h2,5,7,9,12-13,15,18H,3-4,6,8,10-11,14H2,1H3,(H,25,29). The monoisotopic (exact) mass is 438 g/mol. The van der Waals surface area contributed by atoms with E-state index in [1.807, 2.05) is 29.8 Å². The predicted octanol–water partition coefficient (Wildman–Crippen LogP) is 2.77. The molecule has 1 saturated heterocycles. The number of pyridine rings is 1. The Morgan fingerprint density at radius 1 is 1.29 bits per heavy atom. The van der Waals surface area contributed by atoms with Crippen LogP contribution in [0.5, 0.6) is 0 Å². The van der Waals surface area contributed by atoms with Crippen LogP contribution < -0.4 is 5.32 Å². The zero-order chi connectivity index (χ0) is 21.6. The van der Waals surface area contributed by atoms with Crippen LogP contribution in [0, 0.1) is 12.8 Å². The lowest BCUT2D eigenvalue weighted by atomic mass is 9.97. The third kappa shape index (κ3) is 5.16. The van der Waals surface area contributed by atoms with E-state index in [-0.39, 0.29) is 17.7 Å². The number of hydrogen-bond acceptors (Lipinski definition) is 6. The minimum absolute atomic E-state index is 0.0280. The lowest BCUT2D eigenvalue weighted by Crippen LogP contribution is -2.45. The number of nitrogens with one attached hydrogen (secondary N) is 1. The first-order valence-electron chi connectivity index (χ1n) is 10.5. The van der Waals surface area contributed by atoms with Gasteiger partial charge in [-0.05, 0) is 38.3 Å². The molecule has 31 heavy (non-hydrogen) atoms. The summed E-state index contributed by atoms with van der Waals surface area (Å²) in [6, 6.07) is 3.80. The van der Waals surface area contributed by atoms with Crippen LogP contribution >= 0.6 is 11.3 Å². The zero-order valence-electron chi connectivity index (χ0n) is 17.5. The van der Waals surface area contributed by atoms with Gasteiger partial charge in [-0.2, -0.15) is 0 Å². The zero-order valence-corrected chi connectivity index (χ0v) is 18.3. The topological polar surface area (TPSA) is 93.0 Å². The molecule has 162 valence electrons. The van der Waals surface area contributed by atoms with Crippen molar-refractivity contribution in [2.75, 3.05) is 19.6 Å². The maximum absolute atomic E-state index is 13.2. The van der Waals surface area contributed by atoms with Crippen LogP contribution in [-0.2, 0) is 11.3 Å². The molecule has 1 fully saturated rings. The van der Waals surface area contributed by atoms with E-state index in [1.165, 1.54) is 11.3 Å². The molecule has 1 N–H and O–H groups in total. The Hall–Kier alpha value is -3.07. The lowest BCUT2D eigenvalue weighted by Gasteiger charge is -2.31. The van der Waals surface area contributed by atoms with E-state index in [0.717, 1.165) is 42.1 Å². The molecule has 0 aliphatic carbocycles. The summed E-state index contributed by atoms with van der Waals surface area (Å²) >= 11 is 1.39. The van der Waals surface area contributed by atoms with Crippen molar-refractivity contribution in [3.63, 3.8) is 0 Å². The molecule has 0 bridgehead atoms. The largest absolute Gasteiger partial charge is 0.356 e. The number of rotatable bonds is 7. The third-order valence-electron chi connectivity index (χ3n) is 5.43. The quantitative estimate of drug-likeness (QED) is 0.573. The highest BCUT2D eigenvalue weighted by atomic mass is 32.1. The van der Waals surface area contributed by atoms with E-state index >= 15 is 0 Å². The summed E-state index contributed by atoms with van der Waals surface area (Å²) in [4.78, 5) is 41.0. The Kier molecular flexibility index (Phi) is 6.71. The normalized spacial score (nSPS) is 16.3. The maximum Gasteiger partial charge on any atom is 0.265 e. The number of nitrogens with zero attached hydrogens (tertiary/aromatic N) is 5. The molecule has 1 unspecified atom stereocenters. The van der Waals surface area contributed by atoms with Gasteiger partial charge >= 0.3 is 0 Å². The Morgan fingerprint density at radius 2 is 2.19 bits per heavy atom. The minimum Gasteiger partial charge on any atom is -0.356 e. The van der Waals surface area contributed by atoms with Gasteiger partial charge in [0.15, 0.2) is 0 Å². The van der Waals surface area contributed by atoms with Crippen molar-refractivity contribution in [1.82, 2.24) is 29.7 Å². The summed E-state index contributed by atoms with van der Waals surface area (Å²) in [5, 5.41) is 3.81. The molecule has 3 aromatic rings. The minimum atomic E-state index is -0.169. The van der Waals surface area contributed by atoms with Gasteiger partial charge in [0.05, 0.1) is 17.9 Å². The first kappa shape index (κ1) is 21.2. The highest BCUT2D eigenvalue weighted by Crippen LogP contribution is 2.29. The number of hydrogen-bond donors (Lipinski definition) is 1. The number of thiazole rings is 1. The number of carbonyl (C=O) groups excluding carboxylic acids is 2. The second-order valence-electron chi connectivity index (χ2n) is 7.71. The smallest absolute Gasteiger partial charge is 0.265 e. The van der Waals surface area contributed by atoms with Crippen LogP contribution in [0.2, 0.25) is 0 Å². The van der Waals surface area contributed by atoms with Crippen LogP contribution in [0.1, 0.15) is 34.6 Å². The molecule has 0 saturated carbocycles. The number of carbonyl (C=O) groups is 2. The van der Waals surface area contributed by atoms with E-state index in [4.69, 9.17) is 0 Å². The molecule has 2 amide bonds. The molecule has 3 aromatic heterocycles. The van der Waals surface area contributed by atoms with Crippen molar-refractivity contribution in [3.8, 4) is 10.6 Å². The Balaban J connectivity index is 1.33. The molecule has 0 spiro atoms. The van der Waals surface area contributed by atoms with Gasteiger partial charge in [-0.1, -0.05) is 0 Å². The second-order valence-corrected chi connectivity index (χ2v) is 8.71. The first-order chi connectivity index (χ1) is 15.1. The average molecular weight is 439 g/mol. The second kappa shape index (κ2) is 9.82. The third-order valence-corrected chi connectivity index (χ3v) is 6.62. The molecule has 4 rings (SSSR count). The summed E-state index contributed by atoms with van der Waals surface area (Å²) < 4.78 is 1.99. The fraction of sp³-hybridized carbons (Fsp3) is 0.409. The summed E-state index contributed by atoms with van der Waals surface area (Å²) in [6.07, 6.45) is 11.4. The van der Waals surface area contributed by atoms with Gasteiger partial charge in [0.25, 0.3) is 5.91 Å². The number of amides is 2. The van der Waals surface area contributed by atoms with Crippen LogP contribution in [0.15, 0.2) is 43.2 Å². The number of aryl methyl sites for hydroxylation is 2. The molecule has 8 nitrogen and oxygen atoms in total. The van der Waals surface area contributed by atoms with Gasteiger partial charge in [0, 0.05) is 56.5 Å². The van der Waals surface area contributed by atoms with E-state index in [9.17, 15) is 9.59 Å². The fourth-order valence-electron chi connectivity index (χ4n) is 3.76. The molecule has 4 heterocycles. The molecule has 0 radical (unpaired) electrons. The van der Waals surface area contributed by atoms with Gasteiger partial charge in [-0.25, -0.2) is 9.97 Å². The highest BCUT2D eigenvalue weighted by Gasteiger charge is 2.30. The molecule has 1 aliphatic heterocycles. The van der Waals surface area contributed by atoms with Gasteiger partial charge < -0.3 is 14.8 Å². The highest BCUT2D eigenvalue weighted by molar-refractivity contribution is 7.17. The summed E-state index contributed by atoms with van der Waals surface area (Å²) in [7, 11) is 0.